The Labute approximate surface area is 392 Å². The SMILES string of the molecule is CCCC[C@@H](CC(=O)N(Cc1cccs1)Cc1cccs1)C(=O)N[C@H](CC(=O)OC)c1ccc2c(c1)OCO2.CCCC[C@@H](CC(=O)N(Cc1cccs1)Cc1cccs1)C(=O)OC. The number of methoxy groups -OCH3 is 2. The van der Waals surface area contributed by atoms with Crippen LogP contribution in [0.3, 0.4) is 0 Å². The van der Waals surface area contributed by atoms with E-state index in [0.717, 1.165) is 45.2 Å². The monoisotopic (exact) mass is 949 g/mol. The molecule has 5 heterocycles. The number of amides is 3. The number of nitrogens with one attached hydrogen (secondary N) is 1. The molecule has 1 aliphatic rings. The van der Waals surface area contributed by atoms with Crippen molar-refractivity contribution in [2.24, 2.45) is 11.8 Å². The summed E-state index contributed by atoms with van der Waals surface area (Å²) in [7, 11) is 2.71. The van der Waals surface area contributed by atoms with Gasteiger partial charge in [-0.1, -0.05) is 69.9 Å². The highest BCUT2D eigenvalue weighted by Gasteiger charge is 2.30. The first-order chi connectivity index (χ1) is 31.1. The number of hydrogen-bond acceptors (Lipinski definition) is 13. The minimum absolute atomic E-state index is 0.00769. The van der Waals surface area contributed by atoms with E-state index in [4.69, 9.17) is 18.9 Å². The van der Waals surface area contributed by atoms with Crippen molar-refractivity contribution in [2.45, 2.75) is 104 Å². The lowest BCUT2D eigenvalue weighted by Gasteiger charge is -2.26. The summed E-state index contributed by atoms with van der Waals surface area (Å²) in [5, 5.41) is 11.1. The summed E-state index contributed by atoms with van der Waals surface area (Å²) in [4.78, 5) is 72.6. The second kappa shape index (κ2) is 26.7. The third-order valence-corrected chi connectivity index (χ3v) is 14.1. The average molecular weight is 950 g/mol. The lowest BCUT2D eigenvalue weighted by Crippen LogP contribution is -2.38. The van der Waals surface area contributed by atoms with Crippen molar-refractivity contribution in [3.05, 3.63) is 113 Å². The van der Waals surface area contributed by atoms with Crippen molar-refractivity contribution >= 4 is 75.0 Å². The van der Waals surface area contributed by atoms with E-state index in [0.29, 0.717) is 56.1 Å². The van der Waals surface area contributed by atoms with Crippen LogP contribution in [0, 0.1) is 11.8 Å². The number of ether oxygens (including phenoxy) is 4. The molecule has 16 heteroatoms. The standard InChI is InChI=1S/C29H34N2O6S2.C19H25NO3S2/c1-3-4-7-21(15-27(32)31(17-22-8-5-12-38-22)18-23-9-6-13-39-23)29(34)30-24(16-28(33)35-2)20-10-11-25-26(14-20)37-19-36-25;1-3-4-7-15(19(22)23-2)12-18(21)20(13-16-8-5-10-24-16)14-17-9-6-11-25-17/h5-6,8-14,21,24H,3-4,7,15-19H2,1-2H3,(H,30,34);5-6,8-11,15H,3-4,7,12-14H2,1-2H3/t21-,24+;15-/m00/s1. The molecule has 4 aromatic heterocycles. The van der Waals surface area contributed by atoms with Crippen LogP contribution in [-0.4, -0.2) is 60.5 Å². The zero-order chi connectivity index (χ0) is 45.7. The molecule has 0 radical (unpaired) electrons. The molecule has 0 saturated carbocycles. The molecule has 0 bridgehead atoms. The molecule has 3 amide bonds. The molecule has 0 saturated heterocycles. The summed E-state index contributed by atoms with van der Waals surface area (Å²) in [5.74, 6) is -0.750. The van der Waals surface area contributed by atoms with Crippen molar-refractivity contribution in [3.63, 3.8) is 0 Å². The quantitative estimate of drug-likeness (QED) is 0.0599. The van der Waals surface area contributed by atoms with Crippen LogP contribution in [-0.2, 0) is 59.6 Å². The highest BCUT2D eigenvalue weighted by atomic mass is 32.1. The van der Waals surface area contributed by atoms with Crippen molar-refractivity contribution in [1.29, 1.82) is 0 Å². The fourth-order valence-electron chi connectivity index (χ4n) is 7.13. The highest BCUT2D eigenvalue weighted by molar-refractivity contribution is 7.10. The molecule has 5 aromatic rings. The molecule has 0 spiro atoms. The molecule has 64 heavy (non-hydrogen) atoms. The summed E-state index contributed by atoms with van der Waals surface area (Å²) in [6, 6.07) is 20.7. The Morgan fingerprint density at radius 3 is 1.53 bits per heavy atom. The number of carbonyl (C=O) groups is 5. The Morgan fingerprint density at radius 1 is 0.625 bits per heavy atom. The van der Waals surface area contributed by atoms with Crippen LogP contribution in [0.1, 0.15) is 103 Å². The van der Waals surface area contributed by atoms with Gasteiger partial charge < -0.3 is 34.1 Å². The van der Waals surface area contributed by atoms with Gasteiger partial charge in [0.1, 0.15) is 0 Å². The van der Waals surface area contributed by atoms with Crippen LogP contribution in [0.2, 0.25) is 0 Å². The Bertz CT molecular complexity index is 2090. The number of thiophene rings is 4. The number of esters is 2. The Morgan fingerprint density at radius 2 is 1.09 bits per heavy atom. The van der Waals surface area contributed by atoms with Gasteiger partial charge in [-0.15, -0.1) is 45.3 Å². The smallest absolute Gasteiger partial charge is 0.309 e. The van der Waals surface area contributed by atoms with Crippen LogP contribution in [0.4, 0.5) is 0 Å². The number of nitrogens with zero attached hydrogens (tertiary/aromatic N) is 2. The van der Waals surface area contributed by atoms with E-state index in [9.17, 15) is 24.0 Å². The van der Waals surface area contributed by atoms with E-state index >= 15 is 0 Å². The lowest BCUT2D eigenvalue weighted by atomic mass is 9.95. The van der Waals surface area contributed by atoms with Gasteiger partial charge in [-0.2, -0.15) is 0 Å². The number of unbranched alkanes of at least 4 members (excludes halogenated alkanes) is 2. The Balaban J connectivity index is 0.000000266. The van der Waals surface area contributed by atoms with Gasteiger partial charge in [-0.05, 0) is 76.3 Å². The van der Waals surface area contributed by atoms with E-state index in [1.807, 2.05) is 79.9 Å². The predicted molar refractivity (Wildman–Crippen MR) is 253 cm³/mol. The van der Waals surface area contributed by atoms with E-state index in [1.54, 1.807) is 63.5 Å². The molecule has 6 rings (SSSR count). The number of hydrogen-bond donors (Lipinski definition) is 1. The second-order valence-corrected chi connectivity index (χ2v) is 19.5. The molecule has 0 unspecified atom stereocenters. The van der Waals surface area contributed by atoms with Gasteiger partial charge in [0.25, 0.3) is 0 Å². The predicted octanol–water partition coefficient (Wildman–Crippen LogP) is 10.4. The Hall–Kier alpha value is -5.03. The number of benzene rings is 1. The van der Waals surface area contributed by atoms with Crippen molar-refractivity contribution in [2.75, 3.05) is 21.0 Å². The maximum absolute atomic E-state index is 13.6. The van der Waals surface area contributed by atoms with Gasteiger partial charge in [-0.3, -0.25) is 24.0 Å². The van der Waals surface area contributed by atoms with Gasteiger partial charge in [0, 0.05) is 38.3 Å². The zero-order valence-electron chi connectivity index (χ0n) is 37.0. The molecule has 3 atom stereocenters. The molecular weight excluding hydrogens is 891 g/mol. The van der Waals surface area contributed by atoms with Crippen molar-refractivity contribution in [1.82, 2.24) is 15.1 Å². The molecule has 1 aromatic carbocycles. The molecule has 0 fully saturated rings. The van der Waals surface area contributed by atoms with Crippen LogP contribution >= 0.6 is 45.3 Å². The largest absolute Gasteiger partial charge is 0.469 e. The molecule has 12 nitrogen and oxygen atoms in total. The van der Waals surface area contributed by atoms with Crippen molar-refractivity contribution in [3.8, 4) is 11.5 Å². The summed E-state index contributed by atoms with van der Waals surface area (Å²) >= 11 is 6.51. The molecule has 344 valence electrons. The first kappa shape index (κ1) is 50.0. The lowest BCUT2D eigenvalue weighted by molar-refractivity contribution is -0.149. The van der Waals surface area contributed by atoms with Crippen LogP contribution < -0.4 is 14.8 Å². The first-order valence-electron chi connectivity index (χ1n) is 21.6. The number of carbonyl (C=O) groups excluding carboxylic acids is 5. The molecule has 1 N–H and O–H groups in total. The topological polar surface area (TPSA) is 141 Å². The van der Waals surface area contributed by atoms with E-state index < -0.39 is 17.9 Å². The van der Waals surface area contributed by atoms with Crippen molar-refractivity contribution < 1.29 is 42.9 Å². The normalized spacial score (nSPS) is 12.9. The van der Waals surface area contributed by atoms with Crippen LogP contribution in [0.5, 0.6) is 11.5 Å². The molecule has 1 aliphatic heterocycles. The van der Waals surface area contributed by atoms with Gasteiger partial charge in [0.2, 0.25) is 24.5 Å². The summed E-state index contributed by atoms with van der Waals surface area (Å²) in [5.41, 5.74) is 0.704. The maximum Gasteiger partial charge on any atom is 0.309 e. The molecular formula is C48H59N3O9S4. The van der Waals surface area contributed by atoms with Gasteiger partial charge in [0.05, 0.1) is 58.8 Å². The van der Waals surface area contributed by atoms with Gasteiger partial charge in [-0.25, -0.2) is 0 Å². The summed E-state index contributed by atoms with van der Waals surface area (Å²) < 4.78 is 20.7. The number of rotatable bonds is 24. The summed E-state index contributed by atoms with van der Waals surface area (Å²) in [6.07, 6.45) is 5.16. The highest BCUT2D eigenvalue weighted by Crippen LogP contribution is 2.35. The average Bonchev–Trinajstić information content (AvgIpc) is 4.17. The Kier molecular flexibility index (Phi) is 20.8. The van der Waals surface area contributed by atoms with Gasteiger partial charge >= 0.3 is 11.9 Å². The third-order valence-electron chi connectivity index (χ3n) is 10.7. The fourth-order valence-corrected chi connectivity index (χ4v) is 10.0. The maximum atomic E-state index is 13.6. The first-order valence-corrected chi connectivity index (χ1v) is 25.1. The summed E-state index contributed by atoms with van der Waals surface area (Å²) in [6.45, 7) is 6.42. The third kappa shape index (κ3) is 15.9. The second-order valence-electron chi connectivity index (χ2n) is 15.4. The van der Waals surface area contributed by atoms with E-state index in [-0.39, 0.29) is 55.7 Å². The fraction of sp³-hybridized carbons (Fsp3) is 0.438. The number of fused-ring (bicyclic) bond motifs is 1. The minimum atomic E-state index is -0.632. The van der Waals surface area contributed by atoms with E-state index in [1.165, 1.54) is 14.2 Å². The van der Waals surface area contributed by atoms with Gasteiger partial charge in [0.15, 0.2) is 11.5 Å². The van der Waals surface area contributed by atoms with Crippen LogP contribution in [0.25, 0.3) is 0 Å². The zero-order valence-corrected chi connectivity index (χ0v) is 40.3. The van der Waals surface area contributed by atoms with E-state index in [2.05, 4.69) is 19.2 Å². The molecule has 0 aliphatic carbocycles. The van der Waals surface area contributed by atoms with Crippen LogP contribution in [0.15, 0.2) is 88.3 Å². The minimum Gasteiger partial charge on any atom is -0.469 e.